The molecule has 2 aromatic rings. The Morgan fingerprint density at radius 1 is 1.26 bits per heavy atom. The average molecular weight is 559 g/mol. The van der Waals surface area contributed by atoms with E-state index in [0.29, 0.717) is 5.69 Å². The lowest BCUT2D eigenvalue weighted by molar-refractivity contribution is -0.385. The lowest BCUT2D eigenvalue weighted by atomic mass is 9.78. The van der Waals surface area contributed by atoms with E-state index in [2.05, 4.69) is 26.6 Å². The number of anilines is 1. The van der Waals surface area contributed by atoms with Crippen LogP contribution < -0.4 is 10.6 Å². The van der Waals surface area contributed by atoms with Crippen LogP contribution in [0, 0.1) is 27.4 Å². The number of nitro benzene ring substituents is 1. The first-order valence-corrected chi connectivity index (χ1v) is 12.1. The van der Waals surface area contributed by atoms with Crippen molar-refractivity contribution in [2.45, 2.75) is 12.8 Å². The molecule has 0 saturated carbocycles. The summed E-state index contributed by atoms with van der Waals surface area (Å²) < 4.78 is 5.87. The molecule has 1 heterocycles. The average Bonchev–Trinajstić information content (AvgIpc) is 2.83. The van der Waals surface area contributed by atoms with E-state index in [9.17, 15) is 29.8 Å². The van der Waals surface area contributed by atoms with Gasteiger partial charge in [-0.1, -0.05) is 45.9 Å². The Balaban J connectivity index is 1.97. The van der Waals surface area contributed by atoms with Gasteiger partial charge in [0.15, 0.2) is 0 Å². The van der Waals surface area contributed by atoms with Crippen LogP contribution in [0.2, 0.25) is 0 Å². The third kappa shape index (κ3) is 6.06. The number of hydrogen-bond acceptors (Lipinski definition) is 8. The molecule has 2 atom stereocenters. The molecule has 0 saturated heterocycles. The van der Waals surface area contributed by atoms with Crippen LogP contribution in [0.4, 0.5) is 11.4 Å². The van der Waals surface area contributed by atoms with Crippen molar-refractivity contribution in [2.75, 3.05) is 17.7 Å². The second-order valence-electron chi connectivity index (χ2n) is 7.21. The van der Waals surface area contributed by atoms with Crippen molar-refractivity contribution in [3.63, 3.8) is 0 Å². The molecule has 0 aromatic heterocycles. The number of nitro groups is 1. The second kappa shape index (κ2) is 11.6. The molecule has 1 aliphatic rings. The maximum absolute atomic E-state index is 13.0. The van der Waals surface area contributed by atoms with Crippen LogP contribution in [0.3, 0.4) is 0 Å². The number of rotatable bonds is 8. The molecule has 0 unspecified atom stereocenters. The van der Waals surface area contributed by atoms with Crippen molar-refractivity contribution >= 4 is 56.9 Å². The Kier molecular flexibility index (Phi) is 8.62. The van der Waals surface area contributed by atoms with Crippen LogP contribution in [0.5, 0.6) is 0 Å². The highest BCUT2D eigenvalue weighted by atomic mass is 79.9. The van der Waals surface area contributed by atoms with Crippen molar-refractivity contribution in [1.29, 1.82) is 5.26 Å². The maximum Gasteiger partial charge on any atom is 0.319 e. The first kappa shape index (κ1) is 25.9. The van der Waals surface area contributed by atoms with Crippen LogP contribution in [0.25, 0.3) is 0 Å². The predicted octanol–water partition coefficient (Wildman–Crippen LogP) is 3.86. The molecule has 12 heteroatoms. The number of amides is 2. The summed E-state index contributed by atoms with van der Waals surface area (Å²) in [6.45, 7) is 1.54. The van der Waals surface area contributed by atoms with E-state index in [4.69, 9.17) is 4.74 Å². The van der Waals surface area contributed by atoms with Gasteiger partial charge in [-0.05, 0) is 31.2 Å². The summed E-state index contributed by atoms with van der Waals surface area (Å²) in [6.07, 6.45) is 0. The lowest BCUT2D eigenvalue weighted by Gasteiger charge is -2.30. The molecule has 0 aliphatic carbocycles. The van der Waals surface area contributed by atoms with E-state index in [1.54, 1.807) is 31.2 Å². The zero-order valence-corrected chi connectivity index (χ0v) is 20.7. The molecule has 0 spiro atoms. The monoisotopic (exact) mass is 558 g/mol. The van der Waals surface area contributed by atoms with Gasteiger partial charge in [-0.15, -0.1) is 0 Å². The van der Waals surface area contributed by atoms with Crippen LogP contribution in [0.15, 0.2) is 63.6 Å². The fourth-order valence-electron chi connectivity index (χ4n) is 3.55. The van der Waals surface area contributed by atoms with Crippen LogP contribution >= 0.6 is 27.7 Å². The van der Waals surface area contributed by atoms with Crippen LogP contribution in [0.1, 0.15) is 18.4 Å². The Labute approximate surface area is 213 Å². The van der Waals surface area contributed by atoms with Gasteiger partial charge in [-0.3, -0.25) is 24.5 Å². The zero-order valence-electron chi connectivity index (χ0n) is 18.3. The minimum absolute atomic E-state index is 0.0182. The fraction of sp³-hybridized carbons (Fsp3) is 0.217. The highest BCUT2D eigenvalue weighted by Gasteiger charge is 2.46. The van der Waals surface area contributed by atoms with E-state index in [-0.39, 0.29) is 34.2 Å². The van der Waals surface area contributed by atoms with E-state index in [0.717, 1.165) is 16.2 Å². The molecule has 0 fully saturated rings. The van der Waals surface area contributed by atoms with Crippen molar-refractivity contribution in [3.8, 4) is 6.07 Å². The number of benzene rings is 2. The van der Waals surface area contributed by atoms with Crippen molar-refractivity contribution in [2.24, 2.45) is 5.92 Å². The zero-order chi connectivity index (χ0) is 25.5. The smallest absolute Gasteiger partial charge is 0.319 e. The molecule has 2 amide bonds. The number of esters is 1. The topological polar surface area (TPSA) is 151 Å². The van der Waals surface area contributed by atoms with Gasteiger partial charge < -0.3 is 15.4 Å². The molecule has 180 valence electrons. The first-order chi connectivity index (χ1) is 16.8. The number of hydrogen-bond donors (Lipinski definition) is 2. The fourth-order valence-corrected chi connectivity index (χ4v) is 4.66. The van der Waals surface area contributed by atoms with E-state index >= 15 is 0 Å². The van der Waals surface area contributed by atoms with Gasteiger partial charge in [0.25, 0.3) is 5.69 Å². The Morgan fingerprint density at radius 3 is 2.57 bits per heavy atom. The summed E-state index contributed by atoms with van der Waals surface area (Å²) in [5.41, 5.74) is 0.172. The number of allylic oxidation sites excluding steroid dienone is 1. The van der Waals surface area contributed by atoms with Gasteiger partial charge in [0.05, 0.1) is 39.9 Å². The number of nitriles is 1. The molecule has 0 bridgehead atoms. The maximum atomic E-state index is 13.0. The lowest BCUT2D eigenvalue weighted by Crippen LogP contribution is -2.44. The highest BCUT2D eigenvalue weighted by Crippen LogP contribution is 2.43. The second-order valence-corrected chi connectivity index (χ2v) is 9.11. The van der Waals surface area contributed by atoms with Gasteiger partial charge in [-0.25, -0.2) is 0 Å². The SMILES string of the molecule is CCOC(=O)[C@@H]1C(=O)NC(SCC(=O)Nc2ccc(Br)cc2)=C(C#N)[C@@H]1c1ccccc1[N+](=O)[O-]. The molecule has 1 aliphatic heterocycles. The summed E-state index contributed by atoms with van der Waals surface area (Å²) in [4.78, 5) is 49.1. The standard InChI is InChI=1S/C23H19BrN4O6S/c1-2-34-23(31)20-19(15-5-3-4-6-17(15)28(32)33)16(11-25)22(27-21(20)30)35-12-18(29)26-14-9-7-13(24)8-10-14/h3-10,19-20H,2,12H2,1H3,(H,26,29)(H,27,30)/t19-,20-/m0/s1. The number of halogens is 1. The normalized spacial score (nSPS) is 17.2. The summed E-state index contributed by atoms with van der Waals surface area (Å²) >= 11 is 4.20. The van der Waals surface area contributed by atoms with Crippen LogP contribution in [-0.2, 0) is 19.1 Å². The Bertz CT molecular complexity index is 1240. The van der Waals surface area contributed by atoms with Crippen molar-refractivity contribution < 1.29 is 24.0 Å². The molecule has 3 rings (SSSR count). The molecular formula is C23H19BrN4O6S. The molecule has 2 aromatic carbocycles. The number of carbonyl (C=O) groups excluding carboxylic acids is 3. The van der Waals surface area contributed by atoms with E-state index in [1.807, 2.05) is 6.07 Å². The van der Waals surface area contributed by atoms with Gasteiger partial charge in [0.2, 0.25) is 11.8 Å². The number of nitrogens with zero attached hydrogens (tertiary/aromatic N) is 2. The third-order valence-electron chi connectivity index (χ3n) is 5.01. The molecule has 10 nitrogen and oxygen atoms in total. The number of nitrogens with one attached hydrogen (secondary N) is 2. The molecular weight excluding hydrogens is 540 g/mol. The quantitative estimate of drug-likeness (QED) is 0.214. The molecule has 0 radical (unpaired) electrons. The Hall–Kier alpha value is -3.69. The third-order valence-corrected chi connectivity index (χ3v) is 6.56. The van der Waals surface area contributed by atoms with Gasteiger partial charge in [0.1, 0.15) is 5.92 Å². The van der Waals surface area contributed by atoms with E-state index < -0.39 is 34.5 Å². The molecule has 35 heavy (non-hydrogen) atoms. The summed E-state index contributed by atoms with van der Waals surface area (Å²) in [5.74, 6) is -5.01. The Morgan fingerprint density at radius 2 is 1.94 bits per heavy atom. The first-order valence-electron chi connectivity index (χ1n) is 10.3. The number of para-hydroxylation sites is 1. The van der Waals surface area contributed by atoms with Gasteiger partial charge in [0, 0.05) is 21.8 Å². The minimum atomic E-state index is -1.51. The van der Waals surface area contributed by atoms with Crippen molar-refractivity contribution in [1.82, 2.24) is 5.32 Å². The highest BCUT2D eigenvalue weighted by molar-refractivity contribution is 9.10. The summed E-state index contributed by atoms with van der Waals surface area (Å²) in [6, 6.07) is 14.5. The summed E-state index contributed by atoms with van der Waals surface area (Å²) in [7, 11) is 0. The van der Waals surface area contributed by atoms with Crippen LogP contribution in [-0.4, -0.2) is 35.1 Å². The van der Waals surface area contributed by atoms with Gasteiger partial charge >= 0.3 is 5.97 Å². The number of carbonyl (C=O) groups is 3. The summed E-state index contributed by atoms with van der Waals surface area (Å²) in [5, 5.41) is 26.9. The van der Waals surface area contributed by atoms with E-state index in [1.165, 1.54) is 24.3 Å². The van der Waals surface area contributed by atoms with Gasteiger partial charge in [-0.2, -0.15) is 5.26 Å². The molecule has 2 N–H and O–H groups in total. The number of thioether (sulfide) groups is 1. The van der Waals surface area contributed by atoms with Crippen molar-refractivity contribution in [3.05, 3.63) is 79.3 Å². The largest absolute Gasteiger partial charge is 0.465 e. The number of ether oxygens (including phenoxy) is 1. The predicted molar refractivity (Wildman–Crippen MR) is 132 cm³/mol. The minimum Gasteiger partial charge on any atom is -0.465 e.